The summed E-state index contributed by atoms with van der Waals surface area (Å²) >= 11 is 0. The summed E-state index contributed by atoms with van der Waals surface area (Å²) < 4.78 is 0. The lowest BCUT2D eigenvalue weighted by atomic mass is 9.49. The summed E-state index contributed by atoms with van der Waals surface area (Å²) in [5.74, 6) is 1.81. The highest BCUT2D eigenvalue weighted by Gasteiger charge is 2.58. The van der Waals surface area contributed by atoms with E-state index in [0.29, 0.717) is 30.0 Å². The molecule has 4 aliphatic carbocycles. The van der Waals surface area contributed by atoms with Gasteiger partial charge in [-0.15, -0.1) is 0 Å². The van der Waals surface area contributed by atoms with Gasteiger partial charge in [0.25, 0.3) is 0 Å². The van der Waals surface area contributed by atoms with E-state index in [1.54, 1.807) is 24.3 Å². The first-order valence-corrected chi connectivity index (χ1v) is 10.3. The molecule has 3 nitrogen and oxygen atoms in total. The molecule has 0 spiro atoms. The highest BCUT2D eigenvalue weighted by atomic mass is 16.3. The number of hydrogen-bond acceptors (Lipinski definition) is 3. The molecule has 1 aromatic rings. The number of benzene rings is 1. The van der Waals surface area contributed by atoms with Crippen LogP contribution in [0.5, 0.6) is 5.75 Å². The van der Waals surface area contributed by atoms with E-state index in [-0.39, 0.29) is 22.4 Å². The average Bonchev–Trinajstić information content (AvgIpc) is 2.98. The summed E-state index contributed by atoms with van der Waals surface area (Å²) in [4.78, 5) is 24.9. The van der Waals surface area contributed by atoms with Crippen molar-refractivity contribution in [3.63, 3.8) is 0 Å². The van der Waals surface area contributed by atoms with Crippen LogP contribution in [0.4, 0.5) is 0 Å². The van der Waals surface area contributed by atoms with Gasteiger partial charge in [0.2, 0.25) is 0 Å². The minimum atomic E-state index is -0.205. The van der Waals surface area contributed by atoms with Crippen molar-refractivity contribution in [2.75, 3.05) is 0 Å². The standard InChI is InChI=1S/C25H26O3/c1-24-11-9-17(27)13-22(24)18(15-3-5-16(26)6-4-15)14-19-20-7-8-23(28)25(20,2)12-10-21(19)24/h3-6,9,11,13-14,19-21,26H,7-8,10,12H2,1-2H3/t19-,20-,21-,24+,25-/m0/s1. The summed E-state index contributed by atoms with van der Waals surface area (Å²) in [6.45, 7) is 4.43. The number of ketones is 2. The molecule has 0 unspecified atom stereocenters. The lowest BCUT2D eigenvalue weighted by Crippen LogP contribution is -2.48. The van der Waals surface area contributed by atoms with Crippen LogP contribution in [0, 0.1) is 28.6 Å². The summed E-state index contributed by atoms with van der Waals surface area (Å²) in [6, 6.07) is 7.25. The van der Waals surface area contributed by atoms with Crippen LogP contribution in [0.1, 0.15) is 45.1 Å². The largest absolute Gasteiger partial charge is 0.508 e. The van der Waals surface area contributed by atoms with Crippen LogP contribution in [0.25, 0.3) is 5.57 Å². The number of carbonyl (C=O) groups is 2. The number of phenolic OH excluding ortho intramolecular Hbond substituents is 1. The Bertz CT molecular complexity index is 964. The van der Waals surface area contributed by atoms with E-state index in [2.05, 4.69) is 26.0 Å². The molecule has 144 valence electrons. The molecule has 0 radical (unpaired) electrons. The fourth-order valence-electron chi connectivity index (χ4n) is 6.46. The number of phenols is 1. The van der Waals surface area contributed by atoms with Crippen LogP contribution in [0.3, 0.4) is 0 Å². The fraction of sp³-hybridized carbons (Fsp3) is 0.440. The van der Waals surface area contributed by atoms with Gasteiger partial charge in [-0.3, -0.25) is 9.59 Å². The van der Waals surface area contributed by atoms with E-state index in [1.807, 2.05) is 12.1 Å². The molecule has 0 amide bonds. The van der Waals surface area contributed by atoms with Crippen molar-refractivity contribution in [2.24, 2.45) is 28.6 Å². The molecular formula is C25H26O3. The molecule has 5 atom stereocenters. The highest BCUT2D eigenvalue weighted by molar-refractivity contribution is 6.05. The second kappa shape index (κ2) is 5.79. The van der Waals surface area contributed by atoms with E-state index in [0.717, 1.165) is 36.0 Å². The predicted molar refractivity (Wildman–Crippen MR) is 108 cm³/mol. The fourth-order valence-corrected chi connectivity index (χ4v) is 6.46. The molecule has 5 rings (SSSR count). The summed E-state index contributed by atoms with van der Waals surface area (Å²) in [7, 11) is 0. The highest BCUT2D eigenvalue weighted by Crippen LogP contribution is 2.63. The number of hydrogen-bond donors (Lipinski definition) is 1. The van der Waals surface area contributed by atoms with E-state index in [4.69, 9.17) is 0 Å². The summed E-state index contributed by atoms with van der Waals surface area (Å²) in [5.41, 5.74) is 2.79. The molecule has 1 N–H and O–H groups in total. The second-order valence-corrected chi connectivity index (χ2v) is 9.41. The lowest BCUT2D eigenvalue weighted by molar-refractivity contribution is -0.130. The Morgan fingerprint density at radius 3 is 2.54 bits per heavy atom. The van der Waals surface area contributed by atoms with Crippen molar-refractivity contribution < 1.29 is 14.7 Å². The topological polar surface area (TPSA) is 54.4 Å². The Hall–Kier alpha value is -2.42. The molecule has 0 aliphatic heterocycles. The van der Waals surface area contributed by atoms with Crippen LogP contribution < -0.4 is 0 Å². The maximum atomic E-state index is 12.7. The van der Waals surface area contributed by atoms with Gasteiger partial charge in [0, 0.05) is 17.3 Å². The zero-order valence-corrected chi connectivity index (χ0v) is 16.4. The summed E-state index contributed by atoms with van der Waals surface area (Å²) in [5, 5.41) is 9.72. The predicted octanol–water partition coefficient (Wildman–Crippen LogP) is 4.87. The number of carbonyl (C=O) groups excluding carboxylic acids is 2. The Morgan fingerprint density at radius 2 is 1.79 bits per heavy atom. The van der Waals surface area contributed by atoms with Gasteiger partial charge in [0.05, 0.1) is 0 Å². The maximum absolute atomic E-state index is 12.7. The first-order valence-electron chi connectivity index (χ1n) is 10.3. The number of Topliss-reactive ketones (excluding diaryl/α,β-unsaturated/α-hetero) is 1. The first-order chi connectivity index (χ1) is 13.3. The Labute approximate surface area is 165 Å². The lowest BCUT2D eigenvalue weighted by Gasteiger charge is -2.54. The molecule has 0 aromatic heterocycles. The molecule has 1 aromatic carbocycles. The van der Waals surface area contributed by atoms with Crippen molar-refractivity contribution in [2.45, 2.75) is 39.5 Å². The van der Waals surface area contributed by atoms with Crippen molar-refractivity contribution in [1.82, 2.24) is 0 Å². The van der Waals surface area contributed by atoms with Crippen molar-refractivity contribution >= 4 is 17.1 Å². The smallest absolute Gasteiger partial charge is 0.178 e. The first kappa shape index (κ1) is 17.7. The van der Waals surface area contributed by atoms with Crippen molar-refractivity contribution in [3.05, 3.63) is 59.7 Å². The molecule has 0 heterocycles. The third-order valence-corrected chi connectivity index (χ3v) is 8.10. The summed E-state index contributed by atoms with van der Waals surface area (Å²) in [6.07, 6.45) is 11.6. The SMILES string of the molecule is C[C@]12C=CC(=O)C=C1C(c1ccc(O)cc1)=C[C@@H]1[C@@H]2CC[C@]2(C)C(=O)CC[C@@H]12. The third kappa shape index (κ3) is 2.28. The Balaban J connectivity index is 1.70. The van der Waals surface area contributed by atoms with Gasteiger partial charge in [0.15, 0.2) is 5.78 Å². The van der Waals surface area contributed by atoms with Gasteiger partial charge in [0.1, 0.15) is 11.5 Å². The monoisotopic (exact) mass is 374 g/mol. The Morgan fingerprint density at radius 1 is 1.04 bits per heavy atom. The van der Waals surface area contributed by atoms with Gasteiger partial charge in [-0.25, -0.2) is 0 Å². The third-order valence-electron chi connectivity index (χ3n) is 8.10. The average molecular weight is 374 g/mol. The van der Waals surface area contributed by atoms with E-state index >= 15 is 0 Å². The minimum Gasteiger partial charge on any atom is -0.508 e. The zero-order valence-electron chi connectivity index (χ0n) is 16.4. The number of allylic oxidation sites excluding steroid dienone is 6. The molecule has 28 heavy (non-hydrogen) atoms. The molecule has 2 fully saturated rings. The Kier molecular flexibility index (Phi) is 3.65. The normalized spacial score (nSPS) is 39.0. The van der Waals surface area contributed by atoms with Crippen LogP contribution in [0.2, 0.25) is 0 Å². The van der Waals surface area contributed by atoms with Crippen molar-refractivity contribution in [3.8, 4) is 5.75 Å². The van der Waals surface area contributed by atoms with Gasteiger partial charge >= 0.3 is 0 Å². The van der Waals surface area contributed by atoms with Crippen LogP contribution in [-0.4, -0.2) is 16.7 Å². The van der Waals surface area contributed by atoms with Gasteiger partial charge in [-0.1, -0.05) is 38.1 Å². The van der Waals surface area contributed by atoms with Crippen LogP contribution in [0.15, 0.2) is 54.1 Å². The zero-order chi connectivity index (χ0) is 19.7. The number of rotatable bonds is 1. The van der Waals surface area contributed by atoms with Gasteiger partial charge < -0.3 is 5.11 Å². The van der Waals surface area contributed by atoms with E-state index < -0.39 is 0 Å². The maximum Gasteiger partial charge on any atom is 0.178 e. The van der Waals surface area contributed by atoms with Gasteiger partial charge in [-0.2, -0.15) is 0 Å². The second-order valence-electron chi connectivity index (χ2n) is 9.41. The van der Waals surface area contributed by atoms with E-state index in [1.165, 1.54) is 0 Å². The van der Waals surface area contributed by atoms with Crippen molar-refractivity contribution in [1.29, 1.82) is 0 Å². The number of fused-ring (bicyclic) bond motifs is 5. The quantitative estimate of drug-likeness (QED) is 0.763. The minimum absolute atomic E-state index is 0.0345. The van der Waals surface area contributed by atoms with Crippen LogP contribution >= 0.6 is 0 Å². The molecule has 4 aliphatic rings. The molecular weight excluding hydrogens is 348 g/mol. The number of aromatic hydroxyl groups is 1. The molecule has 3 heteroatoms. The molecule has 0 bridgehead atoms. The van der Waals surface area contributed by atoms with E-state index in [9.17, 15) is 14.7 Å². The molecule has 0 saturated heterocycles. The van der Waals surface area contributed by atoms with Gasteiger partial charge in [-0.05, 0) is 78.0 Å². The van der Waals surface area contributed by atoms with Crippen LogP contribution in [-0.2, 0) is 9.59 Å². The molecule has 2 saturated carbocycles.